The summed E-state index contributed by atoms with van der Waals surface area (Å²) in [6.07, 6.45) is 0. The lowest BCUT2D eigenvalue weighted by Crippen LogP contribution is -2.44. The van der Waals surface area contributed by atoms with Gasteiger partial charge in [0.25, 0.3) is 0 Å². The Labute approximate surface area is 356 Å². The molecule has 0 aliphatic carbocycles. The first-order valence-electron chi connectivity index (χ1n) is 21.2. The molecule has 0 aliphatic rings. The number of anilines is 6. The van der Waals surface area contributed by atoms with Gasteiger partial charge in [-0.2, -0.15) is 0 Å². The Morgan fingerprint density at radius 3 is 1.05 bits per heavy atom. The second-order valence-corrected chi connectivity index (χ2v) is 28.2. The van der Waals surface area contributed by atoms with Crippen molar-refractivity contribution in [3.8, 4) is 0 Å². The van der Waals surface area contributed by atoms with Crippen molar-refractivity contribution >= 4 is 115 Å². The molecule has 0 spiro atoms. The van der Waals surface area contributed by atoms with Crippen molar-refractivity contribution in [2.45, 2.75) is 39.3 Å². The van der Waals surface area contributed by atoms with E-state index in [4.69, 9.17) is 0 Å². The summed E-state index contributed by atoms with van der Waals surface area (Å²) in [6, 6.07) is 72.1. The van der Waals surface area contributed by atoms with Crippen LogP contribution in [0.15, 0.2) is 194 Å². The minimum Gasteiger partial charge on any atom is -0.310 e. The average Bonchev–Trinajstić information content (AvgIpc) is 3.25. The molecule has 0 aliphatic heterocycles. The summed E-state index contributed by atoms with van der Waals surface area (Å²) in [7, 11) is -3.94. The summed E-state index contributed by atoms with van der Waals surface area (Å²) in [6.45, 7) is 15.1. The van der Waals surface area contributed by atoms with Crippen molar-refractivity contribution in [1.29, 1.82) is 0 Å². The fourth-order valence-corrected chi connectivity index (χ4v) is 13.8. The molecule has 0 amide bonds. The predicted molar refractivity (Wildman–Crippen MR) is 269 cm³/mol. The Bertz CT molecular complexity index is 3150. The maximum Gasteiger partial charge on any atom is 0.0792 e. The van der Waals surface area contributed by atoms with Gasteiger partial charge in [0.05, 0.1) is 33.2 Å². The normalized spacial score (nSPS) is 12.2. The van der Waals surface area contributed by atoms with Gasteiger partial charge in [-0.15, -0.1) is 0 Å². The van der Waals surface area contributed by atoms with Crippen molar-refractivity contribution in [3.05, 3.63) is 194 Å². The highest BCUT2D eigenvalue weighted by atomic mass is 28.3. The van der Waals surface area contributed by atoms with Crippen LogP contribution in [0, 0.1) is 0 Å². The van der Waals surface area contributed by atoms with E-state index in [2.05, 4.69) is 243 Å². The van der Waals surface area contributed by atoms with Gasteiger partial charge in [-0.1, -0.05) is 179 Å². The zero-order valence-electron chi connectivity index (χ0n) is 35.4. The molecule has 292 valence electrons. The van der Waals surface area contributed by atoms with Crippen molar-refractivity contribution in [3.63, 3.8) is 0 Å². The molecule has 0 unspecified atom stereocenters. The van der Waals surface area contributed by atoms with Crippen molar-refractivity contribution in [1.82, 2.24) is 0 Å². The maximum atomic E-state index is 2.54. The number of para-hydroxylation sites is 1. The molecular weight excluding hydrogens is 757 g/mol. The van der Waals surface area contributed by atoms with Gasteiger partial charge in [-0.3, -0.25) is 0 Å². The largest absolute Gasteiger partial charge is 0.310 e. The summed E-state index contributed by atoms with van der Waals surface area (Å²) in [4.78, 5) is 4.98. The number of rotatable bonds is 8. The number of benzene rings is 10. The molecule has 0 bridgehead atoms. The summed E-state index contributed by atoms with van der Waals surface area (Å²) in [5.74, 6) is 0. The SMILES string of the molecule is C[Si](C)(C)c1c2ccc(N(c3ccccc3)c3cccc4ccccc34)cc2c([Si](C)(C)C)c2cc(N(c3cccc4ccccc34)c3cccc4ccccc34)ccc12. The van der Waals surface area contributed by atoms with Crippen molar-refractivity contribution in [2.75, 3.05) is 9.80 Å². The third kappa shape index (κ3) is 6.48. The second-order valence-electron chi connectivity index (χ2n) is 18.2. The molecule has 0 aromatic heterocycles. The van der Waals surface area contributed by atoms with Crippen LogP contribution in [0.1, 0.15) is 0 Å². The lowest BCUT2D eigenvalue weighted by Gasteiger charge is -2.32. The van der Waals surface area contributed by atoms with Crippen LogP contribution in [0.2, 0.25) is 39.3 Å². The van der Waals surface area contributed by atoms with Crippen LogP contribution < -0.4 is 20.2 Å². The van der Waals surface area contributed by atoms with E-state index in [9.17, 15) is 0 Å². The molecule has 0 saturated carbocycles. The van der Waals surface area contributed by atoms with Crippen LogP contribution in [-0.4, -0.2) is 16.1 Å². The van der Waals surface area contributed by atoms with Gasteiger partial charge < -0.3 is 9.80 Å². The topological polar surface area (TPSA) is 6.48 Å². The van der Waals surface area contributed by atoms with E-state index in [0.29, 0.717) is 0 Å². The summed E-state index contributed by atoms with van der Waals surface area (Å²) in [5, 5.41) is 16.0. The lowest BCUT2D eigenvalue weighted by molar-refractivity contribution is 1.30. The van der Waals surface area contributed by atoms with Crippen LogP contribution in [-0.2, 0) is 0 Å². The highest BCUT2D eigenvalue weighted by Gasteiger charge is 2.31. The lowest BCUT2D eigenvalue weighted by atomic mass is 9.99. The van der Waals surface area contributed by atoms with E-state index >= 15 is 0 Å². The van der Waals surface area contributed by atoms with Gasteiger partial charge >= 0.3 is 0 Å². The van der Waals surface area contributed by atoms with E-state index in [1.165, 1.54) is 92.7 Å². The van der Waals surface area contributed by atoms with E-state index in [1.54, 1.807) is 0 Å². The predicted octanol–water partition coefficient (Wildman–Crippen LogP) is 15.5. The molecule has 0 heterocycles. The Morgan fingerprint density at radius 1 is 0.267 bits per heavy atom. The molecule has 0 radical (unpaired) electrons. The van der Waals surface area contributed by atoms with Crippen molar-refractivity contribution in [2.24, 2.45) is 0 Å². The summed E-state index contributed by atoms with van der Waals surface area (Å²) in [5.41, 5.74) is 7.04. The van der Waals surface area contributed by atoms with E-state index in [-0.39, 0.29) is 0 Å². The molecule has 0 fully saturated rings. The first kappa shape index (κ1) is 37.8. The van der Waals surface area contributed by atoms with Gasteiger partial charge in [-0.25, -0.2) is 0 Å². The van der Waals surface area contributed by atoms with Gasteiger partial charge in [0.15, 0.2) is 0 Å². The fraction of sp³-hybridized carbons (Fsp3) is 0.107. The summed E-state index contributed by atoms with van der Waals surface area (Å²) < 4.78 is 0. The third-order valence-electron chi connectivity index (χ3n) is 12.1. The minimum absolute atomic E-state index is 1.15. The molecule has 60 heavy (non-hydrogen) atoms. The number of nitrogens with zero attached hydrogens (tertiary/aromatic N) is 2. The molecule has 4 heteroatoms. The van der Waals surface area contributed by atoms with Gasteiger partial charge in [-0.05, 0) is 103 Å². The van der Waals surface area contributed by atoms with E-state index in [1.807, 2.05) is 0 Å². The molecule has 0 saturated heterocycles. The van der Waals surface area contributed by atoms with Crippen LogP contribution in [0.5, 0.6) is 0 Å². The Morgan fingerprint density at radius 2 is 0.617 bits per heavy atom. The Kier molecular flexibility index (Phi) is 9.23. The van der Waals surface area contributed by atoms with Gasteiger partial charge in [0, 0.05) is 33.2 Å². The van der Waals surface area contributed by atoms with Crippen molar-refractivity contribution < 1.29 is 0 Å². The number of fused-ring (bicyclic) bond motifs is 5. The minimum atomic E-state index is -2.03. The van der Waals surface area contributed by atoms with Crippen LogP contribution >= 0.6 is 0 Å². The van der Waals surface area contributed by atoms with Crippen LogP contribution in [0.4, 0.5) is 34.1 Å². The summed E-state index contributed by atoms with van der Waals surface area (Å²) >= 11 is 0. The van der Waals surface area contributed by atoms with Crippen LogP contribution in [0.25, 0.3) is 53.9 Å². The molecule has 10 aromatic carbocycles. The zero-order chi connectivity index (χ0) is 41.2. The van der Waals surface area contributed by atoms with E-state index in [0.717, 1.165) is 5.69 Å². The molecular formula is C56H50N2Si2. The number of hydrogen-bond donors (Lipinski definition) is 0. The molecule has 10 aromatic rings. The average molecular weight is 807 g/mol. The zero-order valence-corrected chi connectivity index (χ0v) is 37.4. The fourth-order valence-electron chi connectivity index (χ4n) is 9.72. The quantitative estimate of drug-likeness (QED) is 0.111. The van der Waals surface area contributed by atoms with E-state index < -0.39 is 16.1 Å². The van der Waals surface area contributed by atoms with Crippen LogP contribution in [0.3, 0.4) is 0 Å². The standard InChI is InChI=1S/C56H50N2Si2/c1-59(2,3)55-48-35-33-43(57(42-25-8-7-9-26-42)52-30-16-22-39-19-10-13-27-45(39)52)37-50(48)56(60(4,5)6)51-38-44(34-36-49(51)55)58(53-31-17-23-40-20-11-14-28-46(40)53)54-32-18-24-41-21-12-15-29-47(41)54/h7-38H,1-6H3. The first-order chi connectivity index (χ1) is 29.1. The van der Waals surface area contributed by atoms with Gasteiger partial charge in [0.1, 0.15) is 0 Å². The highest BCUT2D eigenvalue weighted by Crippen LogP contribution is 2.44. The molecule has 2 nitrogen and oxygen atoms in total. The monoisotopic (exact) mass is 806 g/mol. The van der Waals surface area contributed by atoms with Gasteiger partial charge in [0.2, 0.25) is 0 Å². The second kappa shape index (κ2) is 14.7. The Hall–Kier alpha value is -6.47. The molecule has 0 atom stereocenters. The number of hydrogen-bond acceptors (Lipinski definition) is 2. The smallest absolute Gasteiger partial charge is 0.0792 e. The first-order valence-corrected chi connectivity index (χ1v) is 28.2. The molecule has 10 rings (SSSR count). The maximum absolute atomic E-state index is 2.54. The highest BCUT2D eigenvalue weighted by molar-refractivity contribution is 6.95. The molecule has 0 N–H and O–H groups in total. The third-order valence-corrected chi connectivity index (χ3v) is 16.2. The Balaban J connectivity index is 1.30.